The summed E-state index contributed by atoms with van der Waals surface area (Å²) in [6.45, 7) is 2.16. The van der Waals surface area contributed by atoms with Gasteiger partial charge in [0.25, 0.3) is 17.5 Å². The minimum absolute atomic E-state index is 0.106. The maximum Gasteiger partial charge on any atom is 0.284 e. The molecule has 3 aromatic rings. The standard InChI is InChI=1S/C22H17N3O6/c1-2-30-15-8-10-17(19(13-15)25(28)29)20-11-9-16(31-20)12-18-21(26)23-24(22(18)27)14-6-4-3-5-7-14/h3-13H,2H2,1H3,(H,23,26)/b18-12+. The van der Waals surface area contributed by atoms with Crippen LogP contribution < -0.4 is 15.2 Å². The summed E-state index contributed by atoms with van der Waals surface area (Å²) in [5, 5.41) is 12.6. The van der Waals surface area contributed by atoms with Gasteiger partial charge in [0.2, 0.25) is 0 Å². The van der Waals surface area contributed by atoms with Gasteiger partial charge in [-0.1, -0.05) is 18.2 Å². The second-order valence-corrected chi connectivity index (χ2v) is 6.55. The van der Waals surface area contributed by atoms with Crippen molar-refractivity contribution in [1.82, 2.24) is 5.43 Å². The molecule has 1 aromatic heterocycles. The molecule has 0 spiro atoms. The second kappa shape index (κ2) is 8.15. The number of nitrogens with one attached hydrogen (secondary N) is 1. The normalized spacial score (nSPS) is 14.7. The maximum absolute atomic E-state index is 12.7. The van der Waals surface area contributed by atoms with E-state index >= 15 is 0 Å². The SMILES string of the molecule is CCOc1ccc(-c2ccc(/C=C3\C(=O)NN(c4ccccc4)C3=O)o2)c([N+](=O)[O-])c1. The average molecular weight is 419 g/mol. The fourth-order valence-electron chi connectivity index (χ4n) is 3.16. The number of nitro benzene ring substituents is 1. The summed E-state index contributed by atoms with van der Waals surface area (Å²) in [6, 6.07) is 16.2. The molecule has 156 valence electrons. The van der Waals surface area contributed by atoms with Crippen molar-refractivity contribution in [3.05, 3.63) is 82.1 Å². The van der Waals surface area contributed by atoms with Crippen LogP contribution in [0.3, 0.4) is 0 Å². The van der Waals surface area contributed by atoms with Crippen LogP contribution in [0.4, 0.5) is 11.4 Å². The van der Waals surface area contributed by atoms with Gasteiger partial charge in [-0.15, -0.1) is 0 Å². The molecule has 0 bridgehead atoms. The maximum atomic E-state index is 12.7. The topological polar surface area (TPSA) is 115 Å². The Labute approximate surface area is 176 Å². The zero-order chi connectivity index (χ0) is 22.0. The highest BCUT2D eigenvalue weighted by Crippen LogP contribution is 2.35. The molecule has 9 heteroatoms. The van der Waals surface area contributed by atoms with Crippen LogP contribution in [0.2, 0.25) is 0 Å². The lowest BCUT2D eigenvalue weighted by Gasteiger charge is -2.13. The first kappa shape index (κ1) is 19.9. The van der Waals surface area contributed by atoms with Gasteiger partial charge in [-0.25, -0.2) is 5.01 Å². The van der Waals surface area contributed by atoms with E-state index in [0.29, 0.717) is 18.0 Å². The van der Waals surface area contributed by atoms with Gasteiger partial charge >= 0.3 is 0 Å². The lowest BCUT2D eigenvalue weighted by molar-refractivity contribution is -0.384. The van der Waals surface area contributed by atoms with Gasteiger partial charge in [-0.3, -0.25) is 25.1 Å². The molecular weight excluding hydrogens is 402 g/mol. The van der Waals surface area contributed by atoms with Crippen molar-refractivity contribution in [3.63, 3.8) is 0 Å². The summed E-state index contributed by atoms with van der Waals surface area (Å²) in [7, 11) is 0. The lowest BCUT2D eigenvalue weighted by Crippen LogP contribution is -2.35. The summed E-state index contributed by atoms with van der Waals surface area (Å²) < 4.78 is 11.0. The minimum atomic E-state index is -0.571. The van der Waals surface area contributed by atoms with E-state index in [-0.39, 0.29) is 28.3 Å². The summed E-state index contributed by atoms with van der Waals surface area (Å²) in [5.74, 6) is -0.278. The zero-order valence-corrected chi connectivity index (χ0v) is 16.4. The number of carbonyl (C=O) groups excluding carboxylic acids is 2. The van der Waals surface area contributed by atoms with Gasteiger partial charge in [0, 0.05) is 0 Å². The Balaban J connectivity index is 1.64. The minimum Gasteiger partial charge on any atom is -0.494 e. The number of rotatable bonds is 6. The van der Waals surface area contributed by atoms with Crippen LogP contribution in [0, 0.1) is 10.1 Å². The Bertz CT molecular complexity index is 1200. The molecule has 2 heterocycles. The third-order valence-corrected chi connectivity index (χ3v) is 4.56. The van der Waals surface area contributed by atoms with Gasteiger partial charge in [0.15, 0.2) is 0 Å². The number of hydrogen-bond donors (Lipinski definition) is 1. The molecule has 4 rings (SSSR count). The molecule has 0 unspecified atom stereocenters. The number of carbonyl (C=O) groups is 2. The Morgan fingerprint density at radius 2 is 1.90 bits per heavy atom. The van der Waals surface area contributed by atoms with Crippen LogP contribution in [0.25, 0.3) is 17.4 Å². The largest absolute Gasteiger partial charge is 0.494 e. The third kappa shape index (κ3) is 3.88. The monoisotopic (exact) mass is 419 g/mol. The zero-order valence-electron chi connectivity index (χ0n) is 16.4. The van der Waals surface area contributed by atoms with Crippen LogP contribution in [0.5, 0.6) is 5.75 Å². The van der Waals surface area contributed by atoms with E-state index in [1.807, 2.05) is 0 Å². The number of nitrogens with zero attached hydrogens (tertiary/aromatic N) is 2. The van der Waals surface area contributed by atoms with Crippen LogP contribution in [-0.4, -0.2) is 23.3 Å². The van der Waals surface area contributed by atoms with Crippen LogP contribution in [-0.2, 0) is 9.59 Å². The number of amides is 2. The van der Waals surface area contributed by atoms with Crippen molar-refractivity contribution in [3.8, 4) is 17.1 Å². The number of para-hydroxylation sites is 1. The molecule has 31 heavy (non-hydrogen) atoms. The molecule has 0 saturated carbocycles. The van der Waals surface area contributed by atoms with Gasteiger partial charge in [0.1, 0.15) is 22.8 Å². The van der Waals surface area contributed by atoms with E-state index in [4.69, 9.17) is 9.15 Å². The smallest absolute Gasteiger partial charge is 0.284 e. The van der Waals surface area contributed by atoms with E-state index in [1.54, 1.807) is 49.4 Å². The number of nitro groups is 1. The number of ether oxygens (including phenoxy) is 1. The summed E-state index contributed by atoms with van der Waals surface area (Å²) in [5.41, 5.74) is 3.00. The van der Waals surface area contributed by atoms with E-state index in [9.17, 15) is 19.7 Å². The van der Waals surface area contributed by atoms with Crippen molar-refractivity contribution < 1.29 is 23.7 Å². The van der Waals surface area contributed by atoms with Crippen molar-refractivity contribution in [2.45, 2.75) is 6.92 Å². The second-order valence-electron chi connectivity index (χ2n) is 6.55. The molecule has 2 amide bonds. The fraction of sp³-hybridized carbons (Fsp3) is 0.0909. The molecular formula is C22H17N3O6. The number of furan rings is 1. The predicted molar refractivity (Wildman–Crippen MR) is 112 cm³/mol. The van der Waals surface area contributed by atoms with Gasteiger partial charge in [-0.2, -0.15) is 0 Å². The molecule has 2 aromatic carbocycles. The number of anilines is 1. The van der Waals surface area contributed by atoms with E-state index in [1.165, 1.54) is 24.3 Å². The molecule has 1 aliphatic rings. The first-order valence-electron chi connectivity index (χ1n) is 9.41. The predicted octanol–water partition coefficient (Wildman–Crippen LogP) is 3.71. The highest BCUT2D eigenvalue weighted by Gasteiger charge is 2.34. The highest BCUT2D eigenvalue weighted by molar-refractivity contribution is 6.31. The van der Waals surface area contributed by atoms with Crippen LogP contribution in [0.1, 0.15) is 12.7 Å². The Morgan fingerprint density at radius 1 is 1.13 bits per heavy atom. The molecule has 9 nitrogen and oxygen atoms in total. The van der Waals surface area contributed by atoms with E-state index in [2.05, 4.69) is 5.43 Å². The van der Waals surface area contributed by atoms with Gasteiger partial charge in [-0.05, 0) is 49.4 Å². The van der Waals surface area contributed by atoms with Crippen LogP contribution >= 0.6 is 0 Å². The number of benzene rings is 2. The Hall–Kier alpha value is -4.40. The van der Waals surface area contributed by atoms with Crippen molar-refractivity contribution >= 4 is 29.3 Å². The first-order chi connectivity index (χ1) is 15.0. The fourth-order valence-corrected chi connectivity index (χ4v) is 3.16. The van der Waals surface area contributed by atoms with Crippen molar-refractivity contribution in [2.24, 2.45) is 0 Å². The molecule has 0 radical (unpaired) electrons. The lowest BCUT2D eigenvalue weighted by atomic mass is 10.1. The number of hydrogen-bond acceptors (Lipinski definition) is 6. The molecule has 1 N–H and O–H groups in total. The van der Waals surface area contributed by atoms with Gasteiger partial charge < -0.3 is 9.15 Å². The molecule has 0 atom stereocenters. The summed E-state index contributed by atoms with van der Waals surface area (Å²) >= 11 is 0. The van der Waals surface area contributed by atoms with Crippen LogP contribution in [0.15, 0.2) is 70.7 Å². The van der Waals surface area contributed by atoms with Crippen molar-refractivity contribution in [1.29, 1.82) is 0 Å². The van der Waals surface area contributed by atoms with Gasteiger partial charge in [0.05, 0.1) is 28.8 Å². The van der Waals surface area contributed by atoms with E-state index < -0.39 is 16.7 Å². The van der Waals surface area contributed by atoms with Crippen molar-refractivity contribution in [2.75, 3.05) is 11.6 Å². The molecule has 0 aliphatic carbocycles. The highest BCUT2D eigenvalue weighted by atomic mass is 16.6. The Kier molecular flexibility index (Phi) is 5.23. The Morgan fingerprint density at radius 3 is 2.61 bits per heavy atom. The molecule has 1 fully saturated rings. The third-order valence-electron chi connectivity index (χ3n) is 4.56. The number of hydrazine groups is 1. The summed E-state index contributed by atoms with van der Waals surface area (Å²) in [4.78, 5) is 35.9. The van der Waals surface area contributed by atoms with E-state index in [0.717, 1.165) is 5.01 Å². The quantitative estimate of drug-likeness (QED) is 0.282. The first-order valence-corrected chi connectivity index (χ1v) is 9.41. The molecule has 1 aliphatic heterocycles. The summed E-state index contributed by atoms with van der Waals surface area (Å²) in [6.07, 6.45) is 1.31. The molecule has 1 saturated heterocycles. The average Bonchev–Trinajstić information content (AvgIpc) is 3.35.